The monoisotopic (exact) mass is 223 g/mol. The smallest absolute Gasteiger partial charge is 0.338 e. The predicted molar refractivity (Wildman–Crippen MR) is 61.5 cm³/mol. The molecule has 1 N–H and O–H groups in total. The third kappa shape index (κ3) is 3.24. The summed E-state index contributed by atoms with van der Waals surface area (Å²) in [6.45, 7) is 2.70. The number of phenolic OH excluding ortho intramolecular Hbond substituents is 1. The minimum absolute atomic E-state index is 0.196. The third-order valence-electron chi connectivity index (χ3n) is 2.08. The van der Waals surface area contributed by atoms with Crippen molar-refractivity contribution in [2.75, 3.05) is 20.7 Å². The molecule has 0 saturated carbocycles. The van der Waals surface area contributed by atoms with Crippen LogP contribution in [-0.2, 0) is 11.3 Å². The van der Waals surface area contributed by atoms with E-state index in [4.69, 9.17) is 4.74 Å². The Balaban J connectivity index is 2.93. The first kappa shape index (κ1) is 12.5. The molecular weight excluding hydrogens is 206 g/mol. The first-order valence-corrected chi connectivity index (χ1v) is 5.18. The fourth-order valence-corrected chi connectivity index (χ4v) is 1.39. The molecule has 0 unspecified atom stereocenters. The van der Waals surface area contributed by atoms with Gasteiger partial charge < -0.3 is 14.7 Å². The van der Waals surface area contributed by atoms with Crippen molar-refractivity contribution >= 4 is 5.97 Å². The molecule has 0 saturated heterocycles. The maximum Gasteiger partial charge on any atom is 0.338 e. The van der Waals surface area contributed by atoms with E-state index in [9.17, 15) is 9.90 Å². The van der Waals surface area contributed by atoms with E-state index in [0.717, 1.165) is 5.56 Å². The van der Waals surface area contributed by atoms with Crippen molar-refractivity contribution in [2.45, 2.75) is 13.5 Å². The highest BCUT2D eigenvalue weighted by molar-refractivity contribution is 5.89. The van der Waals surface area contributed by atoms with Crippen LogP contribution in [0.1, 0.15) is 22.8 Å². The number of carbonyl (C=O) groups is 1. The van der Waals surface area contributed by atoms with Gasteiger partial charge in [-0.3, -0.25) is 0 Å². The molecule has 4 heteroatoms. The summed E-state index contributed by atoms with van der Waals surface area (Å²) in [4.78, 5) is 13.4. The van der Waals surface area contributed by atoms with Gasteiger partial charge in [0, 0.05) is 12.1 Å². The molecule has 0 aliphatic carbocycles. The van der Waals surface area contributed by atoms with Crippen LogP contribution in [0.4, 0.5) is 0 Å². The number of phenols is 1. The van der Waals surface area contributed by atoms with Gasteiger partial charge in [0.15, 0.2) is 0 Å². The Morgan fingerprint density at radius 2 is 2.12 bits per heavy atom. The SMILES string of the molecule is CCOC(=O)c1ccc(O)c(CN(C)C)c1. The van der Waals surface area contributed by atoms with Gasteiger partial charge in [0.05, 0.1) is 12.2 Å². The molecule has 0 radical (unpaired) electrons. The number of esters is 1. The second-order valence-electron chi connectivity index (χ2n) is 3.80. The van der Waals surface area contributed by atoms with Crippen molar-refractivity contribution in [1.82, 2.24) is 4.90 Å². The Bertz CT molecular complexity index is 375. The van der Waals surface area contributed by atoms with Crippen LogP contribution in [0.5, 0.6) is 5.75 Å². The van der Waals surface area contributed by atoms with Gasteiger partial charge in [-0.1, -0.05) is 0 Å². The van der Waals surface area contributed by atoms with Crippen LogP contribution >= 0.6 is 0 Å². The number of aromatic hydroxyl groups is 1. The van der Waals surface area contributed by atoms with Crippen molar-refractivity contribution in [3.05, 3.63) is 29.3 Å². The number of ether oxygens (including phenoxy) is 1. The molecule has 1 rings (SSSR count). The number of hydrogen-bond donors (Lipinski definition) is 1. The van der Waals surface area contributed by atoms with E-state index in [2.05, 4.69) is 0 Å². The van der Waals surface area contributed by atoms with E-state index in [0.29, 0.717) is 18.7 Å². The zero-order valence-corrected chi connectivity index (χ0v) is 9.86. The number of nitrogens with zero attached hydrogens (tertiary/aromatic N) is 1. The van der Waals surface area contributed by atoms with Crippen LogP contribution in [0.15, 0.2) is 18.2 Å². The second kappa shape index (κ2) is 5.51. The van der Waals surface area contributed by atoms with Gasteiger partial charge in [-0.15, -0.1) is 0 Å². The molecule has 88 valence electrons. The Hall–Kier alpha value is -1.55. The van der Waals surface area contributed by atoms with E-state index >= 15 is 0 Å². The quantitative estimate of drug-likeness (QED) is 0.788. The molecule has 4 nitrogen and oxygen atoms in total. The van der Waals surface area contributed by atoms with Crippen LogP contribution in [0.3, 0.4) is 0 Å². The molecule has 0 heterocycles. The summed E-state index contributed by atoms with van der Waals surface area (Å²) in [6.07, 6.45) is 0. The standard InChI is InChI=1S/C12H17NO3/c1-4-16-12(15)9-5-6-11(14)10(7-9)8-13(2)3/h5-7,14H,4,8H2,1-3H3. The first-order valence-electron chi connectivity index (χ1n) is 5.18. The number of carbonyl (C=O) groups excluding carboxylic acids is 1. The lowest BCUT2D eigenvalue weighted by atomic mass is 10.1. The number of hydrogen-bond acceptors (Lipinski definition) is 4. The van der Waals surface area contributed by atoms with Gasteiger partial charge in [0.1, 0.15) is 5.75 Å². The maximum absolute atomic E-state index is 11.5. The topological polar surface area (TPSA) is 49.8 Å². The number of benzene rings is 1. The fourth-order valence-electron chi connectivity index (χ4n) is 1.39. The average Bonchev–Trinajstić information content (AvgIpc) is 2.21. The van der Waals surface area contributed by atoms with E-state index in [1.165, 1.54) is 6.07 Å². The van der Waals surface area contributed by atoms with Gasteiger partial charge >= 0.3 is 5.97 Å². The highest BCUT2D eigenvalue weighted by Gasteiger charge is 2.10. The molecular formula is C12H17NO3. The molecule has 0 aliphatic rings. The van der Waals surface area contributed by atoms with E-state index in [-0.39, 0.29) is 11.7 Å². The van der Waals surface area contributed by atoms with Crippen LogP contribution in [0.25, 0.3) is 0 Å². The summed E-state index contributed by atoms with van der Waals surface area (Å²) in [7, 11) is 3.80. The predicted octanol–water partition coefficient (Wildman–Crippen LogP) is 1.63. The molecule has 0 amide bonds. The lowest BCUT2D eigenvalue weighted by Gasteiger charge is -2.12. The van der Waals surface area contributed by atoms with E-state index in [1.54, 1.807) is 19.1 Å². The molecule has 0 spiro atoms. The highest BCUT2D eigenvalue weighted by atomic mass is 16.5. The van der Waals surface area contributed by atoms with Gasteiger partial charge in [0.2, 0.25) is 0 Å². The van der Waals surface area contributed by atoms with Crippen molar-refractivity contribution in [3.8, 4) is 5.75 Å². The normalized spacial score (nSPS) is 10.5. The Morgan fingerprint density at radius 1 is 1.44 bits per heavy atom. The lowest BCUT2D eigenvalue weighted by Crippen LogP contribution is -2.12. The van der Waals surface area contributed by atoms with Gasteiger partial charge in [-0.05, 0) is 39.2 Å². The number of rotatable bonds is 4. The second-order valence-corrected chi connectivity index (χ2v) is 3.80. The maximum atomic E-state index is 11.5. The molecule has 1 aromatic rings. The summed E-state index contributed by atoms with van der Waals surface area (Å²) in [5, 5.41) is 9.62. The van der Waals surface area contributed by atoms with Gasteiger partial charge in [-0.25, -0.2) is 4.79 Å². The zero-order chi connectivity index (χ0) is 12.1. The first-order chi connectivity index (χ1) is 7.54. The molecule has 0 aliphatic heterocycles. The minimum Gasteiger partial charge on any atom is -0.508 e. The molecule has 0 fully saturated rings. The van der Waals surface area contributed by atoms with E-state index < -0.39 is 0 Å². The van der Waals surface area contributed by atoms with Crippen molar-refractivity contribution in [1.29, 1.82) is 0 Å². The summed E-state index contributed by atoms with van der Waals surface area (Å²) in [5.74, 6) is -0.163. The van der Waals surface area contributed by atoms with Crippen molar-refractivity contribution in [3.63, 3.8) is 0 Å². The Kier molecular flexibility index (Phi) is 4.31. The highest BCUT2D eigenvalue weighted by Crippen LogP contribution is 2.20. The third-order valence-corrected chi connectivity index (χ3v) is 2.08. The average molecular weight is 223 g/mol. The van der Waals surface area contributed by atoms with Crippen LogP contribution in [0.2, 0.25) is 0 Å². The molecule has 0 atom stereocenters. The summed E-state index contributed by atoms with van der Waals surface area (Å²) in [6, 6.07) is 4.74. The fraction of sp³-hybridized carbons (Fsp3) is 0.417. The molecule has 1 aromatic carbocycles. The summed E-state index contributed by atoms with van der Waals surface area (Å²) in [5.41, 5.74) is 1.19. The molecule has 0 aromatic heterocycles. The summed E-state index contributed by atoms with van der Waals surface area (Å²) >= 11 is 0. The van der Waals surface area contributed by atoms with Gasteiger partial charge in [-0.2, -0.15) is 0 Å². The van der Waals surface area contributed by atoms with Crippen molar-refractivity contribution in [2.24, 2.45) is 0 Å². The zero-order valence-electron chi connectivity index (χ0n) is 9.86. The van der Waals surface area contributed by atoms with Gasteiger partial charge in [0.25, 0.3) is 0 Å². The Labute approximate surface area is 95.5 Å². The lowest BCUT2D eigenvalue weighted by molar-refractivity contribution is 0.0526. The molecule has 16 heavy (non-hydrogen) atoms. The van der Waals surface area contributed by atoms with Crippen LogP contribution in [-0.4, -0.2) is 36.7 Å². The van der Waals surface area contributed by atoms with Crippen LogP contribution < -0.4 is 0 Å². The summed E-state index contributed by atoms with van der Waals surface area (Å²) < 4.78 is 4.89. The van der Waals surface area contributed by atoms with Crippen LogP contribution in [0, 0.1) is 0 Å². The van der Waals surface area contributed by atoms with E-state index in [1.807, 2.05) is 19.0 Å². The largest absolute Gasteiger partial charge is 0.508 e. The Morgan fingerprint density at radius 3 is 2.69 bits per heavy atom. The van der Waals surface area contributed by atoms with Crippen molar-refractivity contribution < 1.29 is 14.6 Å². The minimum atomic E-state index is -0.359. The molecule has 0 bridgehead atoms.